The minimum atomic E-state index is 0.0533. The van der Waals surface area contributed by atoms with E-state index in [1.165, 1.54) is 15.6 Å². The fourth-order valence-corrected chi connectivity index (χ4v) is 3.64. The maximum absolute atomic E-state index is 3.35. The van der Waals surface area contributed by atoms with Gasteiger partial charge in [-0.1, -0.05) is 0 Å². The summed E-state index contributed by atoms with van der Waals surface area (Å²) in [7, 11) is 0. The van der Waals surface area contributed by atoms with Gasteiger partial charge < -0.3 is 0 Å². The van der Waals surface area contributed by atoms with Gasteiger partial charge in [0.25, 0.3) is 0 Å². The second-order valence-corrected chi connectivity index (χ2v) is 7.96. The number of hydrogen-bond donors (Lipinski definition) is 0. The third kappa shape index (κ3) is 4.89. The van der Waals surface area contributed by atoms with Crippen molar-refractivity contribution in [1.29, 1.82) is 0 Å². The Hall–Kier alpha value is -1.48. The van der Waals surface area contributed by atoms with Gasteiger partial charge in [0.1, 0.15) is 0 Å². The topological polar surface area (TPSA) is 0 Å². The molecular weight excluding hydrogens is 307 g/mol. The van der Waals surface area contributed by atoms with Crippen LogP contribution in [0.1, 0.15) is 31.9 Å². The average molecular weight is 327 g/mol. The number of benzene rings is 2. The van der Waals surface area contributed by atoms with Crippen molar-refractivity contribution in [3.05, 3.63) is 65.7 Å². The molecule has 0 saturated carbocycles. The normalized spacial score (nSPS) is 10.8. The van der Waals surface area contributed by atoms with Crippen molar-refractivity contribution in [2.75, 3.05) is 0 Å². The van der Waals surface area contributed by atoms with E-state index < -0.39 is 0 Å². The second-order valence-electron chi connectivity index (χ2n) is 5.76. The molecule has 2 rings (SSSR count). The molecule has 102 valence electrons. The molecule has 1 heteroatoms. The van der Waals surface area contributed by atoms with Crippen LogP contribution in [0.3, 0.4) is 0 Å². The zero-order valence-electron chi connectivity index (χ0n) is 12.3. The van der Waals surface area contributed by atoms with Gasteiger partial charge in [0.05, 0.1) is 0 Å². The molecule has 0 unspecified atom stereocenters. The van der Waals surface area contributed by atoms with Crippen LogP contribution in [0.4, 0.5) is 0 Å². The van der Waals surface area contributed by atoms with Crippen LogP contribution in [0.2, 0.25) is 0 Å². The zero-order chi connectivity index (χ0) is 14.4. The van der Waals surface area contributed by atoms with Crippen LogP contribution in [0.25, 0.3) is 0 Å². The molecule has 0 aliphatic carbocycles. The molecule has 0 radical (unpaired) electrons. The summed E-state index contributed by atoms with van der Waals surface area (Å²) in [5.41, 5.74) is 2.60. The third-order valence-corrected chi connectivity index (χ3v) is 4.95. The Morgan fingerprint density at radius 2 is 1.55 bits per heavy atom. The molecule has 0 aliphatic rings. The Kier molecular flexibility index (Phi) is 5.07. The van der Waals surface area contributed by atoms with Gasteiger partial charge in [-0.25, -0.2) is 0 Å². The second kappa shape index (κ2) is 6.80. The van der Waals surface area contributed by atoms with E-state index in [0.29, 0.717) is 15.0 Å². The number of rotatable bonds is 3. The summed E-state index contributed by atoms with van der Waals surface area (Å²) in [4.78, 5) is 0. The standard InChI is InChI=1S/C19H20Se/c1-19(2,3)14-13-16-9-7-8-10-17(16)15-20-18-11-5-4-6-12-18/h4-12H,15H2,1-3H3. The van der Waals surface area contributed by atoms with Gasteiger partial charge in [0.2, 0.25) is 0 Å². The Morgan fingerprint density at radius 1 is 0.900 bits per heavy atom. The van der Waals surface area contributed by atoms with E-state index in [4.69, 9.17) is 0 Å². The third-order valence-electron chi connectivity index (χ3n) is 2.73. The Morgan fingerprint density at radius 3 is 2.25 bits per heavy atom. The van der Waals surface area contributed by atoms with Crippen LogP contribution in [-0.4, -0.2) is 15.0 Å². The van der Waals surface area contributed by atoms with Gasteiger partial charge in [0.15, 0.2) is 0 Å². The predicted octanol–water partition coefficient (Wildman–Crippen LogP) is 3.61. The van der Waals surface area contributed by atoms with E-state index in [1.54, 1.807) is 0 Å². The minimum absolute atomic E-state index is 0.0533. The van der Waals surface area contributed by atoms with Crippen LogP contribution in [0.15, 0.2) is 54.6 Å². The fraction of sp³-hybridized carbons (Fsp3) is 0.263. The first-order valence-corrected chi connectivity index (χ1v) is 8.90. The number of hydrogen-bond acceptors (Lipinski definition) is 0. The van der Waals surface area contributed by atoms with Gasteiger partial charge in [-0.2, -0.15) is 0 Å². The Bertz CT molecular complexity index is 609. The maximum atomic E-state index is 3.35. The van der Waals surface area contributed by atoms with Crippen molar-refractivity contribution in [1.82, 2.24) is 0 Å². The molecule has 0 atom stereocenters. The molecule has 0 bridgehead atoms. The zero-order valence-corrected chi connectivity index (χ0v) is 14.0. The van der Waals surface area contributed by atoms with Gasteiger partial charge >= 0.3 is 128 Å². The van der Waals surface area contributed by atoms with E-state index in [1.807, 2.05) is 0 Å². The van der Waals surface area contributed by atoms with Crippen molar-refractivity contribution in [2.45, 2.75) is 26.1 Å². The molecular formula is C19H20Se. The predicted molar refractivity (Wildman–Crippen MR) is 88.3 cm³/mol. The molecule has 0 amide bonds. The molecule has 0 aromatic heterocycles. The molecule has 0 fully saturated rings. The molecule has 0 saturated heterocycles. The van der Waals surface area contributed by atoms with Crippen molar-refractivity contribution < 1.29 is 0 Å². The summed E-state index contributed by atoms with van der Waals surface area (Å²) < 4.78 is 1.44. The van der Waals surface area contributed by atoms with Crippen LogP contribution < -0.4 is 4.46 Å². The average Bonchev–Trinajstić information content (AvgIpc) is 2.44. The van der Waals surface area contributed by atoms with Gasteiger partial charge in [-0.3, -0.25) is 0 Å². The van der Waals surface area contributed by atoms with E-state index in [2.05, 4.69) is 87.2 Å². The van der Waals surface area contributed by atoms with E-state index >= 15 is 0 Å². The van der Waals surface area contributed by atoms with Crippen molar-refractivity contribution in [2.24, 2.45) is 5.41 Å². The van der Waals surface area contributed by atoms with Crippen molar-refractivity contribution in [3.63, 3.8) is 0 Å². The summed E-state index contributed by atoms with van der Waals surface area (Å²) in [5.74, 6) is 6.68. The molecule has 2 aromatic rings. The van der Waals surface area contributed by atoms with Crippen LogP contribution >= 0.6 is 0 Å². The van der Waals surface area contributed by atoms with Gasteiger partial charge in [0, 0.05) is 0 Å². The van der Waals surface area contributed by atoms with E-state index in [9.17, 15) is 0 Å². The summed E-state index contributed by atoms with van der Waals surface area (Å²) in [6.07, 6.45) is 0. The first-order valence-electron chi connectivity index (χ1n) is 6.83. The Balaban J connectivity index is 2.14. The summed E-state index contributed by atoms with van der Waals surface area (Å²) >= 11 is 0.473. The first kappa shape index (κ1) is 14.9. The summed E-state index contributed by atoms with van der Waals surface area (Å²) in [6.45, 7) is 6.45. The first-order chi connectivity index (χ1) is 9.54. The van der Waals surface area contributed by atoms with Crippen molar-refractivity contribution >= 4 is 19.4 Å². The molecule has 0 heterocycles. The molecule has 20 heavy (non-hydrogen) atoms. The summed E-state index contributed by atoms with van der Waals surface area (Å²) in [5, 5.41) is 1.10. The van der Waals surface area contributed by atoms with Crippen LogP contribution in [0, 0.1) is 17.3 Å². The van der Waals surface area contributed by atoms with E-state index in [0.717, 1.165) is 5.32 Å². The molecule has 0 N–H and O–H groups in total. The van der Waals surface area contributed by atoms with Crippen LogP contribution in [0.5, 0.6) is 0 Å². The van der Waals surface area contributed by atoms with Crippen LogP contribution in [-0.2, 0) is 5.32 Å². The fourth-order valence-electron chi connectivity index (χ4n) is 1.70. The molecule has 0 nitrogen and oxygen atoms in total. The molecule has 0 aliphatic heterocycles. The van der Waals surface area contributed by atoms with E-state index in [-0.39, 0.29) is 5.41 Å². The van der Waals surface area contributed by atoms with Crippen molar-refractivity contribution in [3.8, 4) is 11.8 Å². The quantitative estimate of drug-likeness (QED) is 0.597. The summed E-state index contributed by atoms with van der Waals surface area (Å²) in [6, 6.07) is 19.2. The van der Waals surface area contributed by atoms with Gasteiger partial charge in [-0.05, 0) is 0 Å². The molecule has 0 spiro atoms. The van der Waals surface area contributed by atoms with Gasteiger partial charge in [-0.15, -0.1) is 0 Å². The SMILES string of the molecule is CC(C)(C)C#Cc1ccccc1C[Se]c1ccccc1. The molecule has 2 aromatic carbocycles. The monoisotopic (exact) mass is 328 g/mol. The Labute approximate surface area is 128 Å².